The Bertz CT molecular complexity index is 1010. The van der Waals surface area contributed by atoms with E-state index in [1.54, 1.807) is 42.5 Å². The van der Waals surface area contributed by atoms with Gasteiger partial charge in [0, 0.05) is 28.9 Å². The van der Waals surface area contributed by atoms with E-state index in [0.717, 1.165) is 16.8 Å². The molecule has 5 heteroatoms. The van der Waals surface area contributed by atoms with Crippen molar-refractivity contribution in [3.63, 3.8) is 0 Å². The Balaban J connectivity index is 1.62. The zero-order valence-electron chi connectivity index (χ0n) is 15.8. The second-order valence-corrected chi connectivity index (χ2v) is 6.60. The van der Waals surface area contributed by atoms with Gasteiger partial charge in [0.1, 0.15) is 5.82 Å². The van der Waals surface area contributed by atoms with Crippen LogP contribution in [0.4, 0.5) is 10.1 Å². The van der Waals surface area contributed by atoms with Gasteiger partial charge in [0.05, 0.1) is 0 Å². The first-order valence-electron chi connectivity index (χ1n) is 8.94. The van der Waals surface area contributed by atoms with Gasteiger partial charge >= 0.3 is 0 Å². The summed E-state index contributed by atoms with van der Waals surface area (Å²) >= 11 is 0. The van der Waals surface area contributed by atoms with Crippen LogP contribution >= 0.6 is 0 Å². The molecule has 0 aliphatic rings. The van der Waals surface area contributed by atoms with Crippen molar-refractivity contribution < 1.29 is 14.0 Å². The van der Waals surface area contributed by atoms with Crippen LogP contribution < -0.4 is 10.6 Å². The predicted octanol–water partition coefficient (Wildman–Crippen LogP) is 4.62. The lowest BCUT2D eigenvalue weighted by atomic mass is 10.1. The number of benzene rings is 3. The van der Waals surface area contributed by atoms with Gasteiger partial charge in [-0.1, -0.05) is 24.3 Å². The van der Waals surface area contributed by atoms with Crippen molar-refractivity contribution in [2.24, 2.45) is 0 Å². The average Bonchev–Trinajstić information content (AvgIpc) is 2.70. The average molecular weight is 376 g/mol. The zero-order chi connectivity index (χ0) is 20.1. The molecule has 0 unspecified atom stereocenters. The van der Waals surface area contributed by atoms with E-state index < -0.39 is 0 Å². The van der Waals surface area contributed by atoms with Crippen molar-refractivity contribution >= 4 is 17.5 Å². The smallest absolute Gasteiger partial charge is 0.255 e. The van der Waals surface area contributed by atoms with Crippen LogP contribution in [0.2, 0.25) is 0 Å². The summed E-state index contributed by atoms with van der Waals surface area (Å²) in [4.78, 5) is 24.6. The van der Waals surface area contributed by atoms with Crippen molar-refractivity contribution in [2.75, 3.05) is 5.32 Å². The first kappa shape index (κ1) is 19.3. The molecule has 4 nitrogen and oxygen atoms in total. The quantitative estimate of drug-likeness (QED) is 0.682. The normalized spacial score (nSPS) is 10.4. The molecule has 0 heterocycles. The predicted molar refractivity (Wildman–Crippen MR) is 108 cm³/mol. The highest BCUT2D eigenvalue weighted by Gasteiger charge is 2.10. The fraction of sp³-hybridized carbons (Fsp3) is 0.130. The third kappa shape index (κ3) is 4.62. The first-order chi connectivity index (χ1) is 13.4. The summed E-state index contributed by atoms with van der Waals surface area (Å²) in [5, 5.41) is 5.52. The lowest BCUT2D eigenvalue weighted by Gasteiger charge is -2.09. The number of amides is 2. The summed E-state index contributed by atoms with van der Waals surface area (Å²) < 4.78 is 13.6. The van der Waals surface area contributed by atoms with Crippen LogP contribution in [0.3, 0.4) is 0 Å². The number of aryl methyl sites for hydroxylation is 2. The minimum Gasteiger partial charge on any atom is -0.348 e. The molecule has 0 fully saturated rings. The fourth-order valence-corrected chi connectivity index (χ4v) is 2.71. The second kappa shape index (κ2) is 8.48. The van der Waals surface area contributed by atoms with Crippen LogP contribution in [0.5, 0.6) is 0 Å². The fourth-order valence-electron chi connectivity index (χ4n) is 2.71. The van der Waals surface area contributed by atoms with E-state index in [1.165, 1.54) is 6.07 Å². The van der Waals surface area contributed by atoms with Gasteiger partial charge in [0.25, 0.3) is 11.8 Å². The maximum absolute atomic E-state index is 13.6. The number of hydrogen-bond donors (Lipinski definition) is 2. The van der Waals surface area contributed by atoms with Crippen LogP contribution in [0, 0.1) is 19.7 Å². The van der Waals surface area contributed by atoms with Gasteiger partial charge in [0.2, 0.25) is 0 Å². The molecule has 0 aromatic heterocycles. The van der Waals surface area contributed by atoms with Crippen molar-refractivity contribution in [1.82, 2.24) is 5.32 Å². The molecular formula is C23H21FN2O2. The highest BCUT2D eigenvalue weighted by Crippen LogP contribution is 2.15. The van der Waals surface area contributed by atoms with Crippen molar-refractivity contribution in [1.29, 1.82) is 0 Å². The standard InChI is InChI=1S/C23H21FN2O2/c1-15-7-12-20(13-16(15)2)26-23(28)18-10-8-17(9-11-18)22(27)25-14-19-5-3-4-6-21(19)24/h3-13H,14H2,1-2H3,(H,25,27)(H,26,28). The molecule has 0 aliphatic heterocycles. The van der Waals surface area contributed by atoms with E-state index in [0.29, 0.717) is 16.7 Å². The van der Waals surface area contributed by atoms with E-state index >= 15 is 0 Å². The van der Waals surface area contributed by atoms with Crippen LogP contribution in [-0.2, 0) is 6.54 Å². The second-order valence-electron chi connectivity index (χ2n) is 6.60. The molecule has 0 aliphatic carbocycles. The topological polar surface area (TPSA) is 58.2 Å². The van der Waals surface area contributed by atoms with Crippen LogP contribution in [0.15, 0.2) is 66.7 Å². The molecule has 0 radical (unpaired) electrons. The van der Waals surface area contributed by atoms with Gasteiger partial charge in [-0.15, -0.1) is 0 Å². The van der Waals surface area contributed by atoms with E-state index in [2.05, 4.69) is 10.6 Å². The molecule has 3 rings (SSSR count). The Labute approximate surface area is 163 Å². The molecule has 0 bridgehead atoms. The van der Waals surface area contributed by atoms with Crippen molar-refractivity contribution in [3.05, 3.63) is 100 Å². The van der Waals surface area contributed by atoms with Crippen LogP contribution in [0.25, 0.3) is 0 Å². The number of halogens is 1. The van der Waals surface area contributed by atoms with Gasteiger partial charge < -0.3 is 10.6 Å². The summed E-state index contributed by atoms with van der Waals surface area (Å²) in [5.41, 5.74) is 4.24. The molecule has 0 saturated heterocycles. The van der Waals surface area contributed by atoms with Gasteiger partial charge in [-0.2, -0.15) is 0 Å². The number of carbonyl (C=O) groups is 2. The molecule has 0 saturated carbocycles. The monoisotopic (exact) mass is 376 g/mol. The summed E-state index contributed by atoms with van der Waals surface area (Å²) in [6.07, 6.45) is 0. The minimum atomic E-state index is -0.360. The molecule has 0 atom stereocenters. The number of anilines is 1. The summed E-state index contributed by atoms with van der Waals surface area (Å²) in [5.74, 6) is -0.938. The van der Waals surface area contributed by atoms with Gasteiger partial charge in [0.15, 0.2) is 0 Å². The molecule has 142 valence electrons. The highest BCUT2D eigenvalue weighted by molar-refractivity contribution is 6.05. The van der Waals surface area contributed by atoms with E-state index in [1.807, 2.05) is 32.0 Å². The SMILES string of the molecule is Cc1ccc(NC(=O)c2ccc(C(=O)NCc3ccccc3F)cc2)cc1C. The summed E-state index contributed by atoms with van der Waals surface area (Å²) in [7, 11) is 0. The van der Waals surface area contributed by atoms with Crippen molar-refractivity contribution in [2.45, 2.75) is 20.4 Å². The van der Waals surface area contributed by atoms with E-state index in [9.17, 15) is 14.0 Å². The van der Waals surface area contributed by atoms with Crippen LogP contribution in [-0.4, -0.2) is 11.8 Å². The third-order valence-corrected chi connectivity index (χ3v) is 4.57. The van der Waals surface area contributed by atoms with Gasteiger partial charge in [-0.3, -0.25) is 9.59 Å². The van der Waals surface area contributed by atoms with Gasteiger partial charge in [-0.25, -0.2) is 4.39 Å². The molecule has 3 aromatic rings. The maximum atomic E-state index is 13.6. The largest absolute Gasteiger partial charge is 0.348 e. The number of carbonyl (C=O) groups excluding carboxylic acids is 2. The molecule has 2 amide bonds. The number of nitrogens with one attached hydrogen (secondary N) is 2. The Morgan fingerprint density at radius 1 is 0.821 bits per heavy atom. The summed E-state index contributed by atoms with van der Waals surface area (Å²) in [6, 6.07) is 18.3. The highest BCUT2D eigenvalue weighted by atomic mass is 19.1. The third-order valence-electron chi connectivity index (χ3n) is 4.57. The molecule has 0 spiro atoms. The maximum Gasteiger partial charge on any atom is 0.255 e. The van der Waals surface area contributed by atoms with E-state index in [4.69, 9.17) is 0 Å². The lowest BCUT2D eigenvalue weighted by molar-refractivity contribution is 0.0948. The molecule has 2 N–H and O–H groups in total. The Kier molecular flexibility index (Phi) is 5.84. The minimum absolute atomic E-state index is 0.0977. The summed E-state index contributed by atoms with van der Waals surface area (Å²) in [6.45, 7) is 4.09. The first-order valence-corrected chi connectivity index (χ1v) is 8.94. The number of hydrogen-bond acceptors (Lipinski definition) is 2. The Morgan fingerprint density at radius 2 is 1.46 bits per heavy atom. The molecule has 3 aromatic carbocycles. The number of rotatable bonds is 5. The van der Waals surface area contributed by atoms with E-state index in [-0.39, 0.29) is 24.2 Å². The molecular weight excluding hydrogens is 355 g/mol. The molecule has 28 heavy (non-hydrogen) atoms. The van der Waals surface area contributed by atoms with Crippen LogP contribution in [0.1, 0.15) is 37.4 Å². The Hall–Kier alpha value is -3.47. The Morgan fingerprint density at radius 3 is 2.11 bits per heavy atom. The lowest BCUT2D eigenvalue weighted by Crippen LogP contribution is -2.23. The van der Waals surface area contributed by atoms with Gasteiger partial charge in [-0.05, 0) is 67.4 Å². The zero-order valence-corrected chi connectivity index (χ0v) is 15.8. The van der Waals surface area contributed by atoms with Crippen molar-refractivity contribution in [3.8, 4) is 0 Å².